The van der Waals surface area contributed by atoms with E-state index in [1.807, 2.05) is 43.3 Å². The maximum Gasteiger partial charge on any atom is 0.273 e. The zero-order valence-electron chi connectivity index (χ0n) is 20.9. The van der Waals surface area contributed by atoms with Crippen molar-refractivity contribution in [2.45, 2.75) is 38.7 Å². The smallest absolute Gasteiger partial charge is 0.273 e. The first kappa shape index (κ1) is 25.0. The maximum atomic E-state index is 12.8. The van der Waals surface area contributed by atoms with Crippen LogP contribution >= 0.6 is 0 Å². The molecule has 0 radical (unpaired) electrons. The number of rotatable bonds is 8. The number of hydrogen-bond donors (Lipinski definition) is 1. The lowest BCUT2D eigenvalue weighted by molar-refractivity contribution is 0.0800. The molecule has 7 nitrogen and oxygen atoms in total. The molecular weight excluding hydrogens is 454 g/mol. The van der Waals surface area contributed by atoms with Crippen molar-refractivity contribution in [2.24, 2.45) is 5.10 Å². The van der Waals surface area contributed by atoms with Gasteiger partial charge in [-0.05, 0) is 92.3 Å². The van der Waals surface area contributed by atoms with Crippen LogP contribution < -0.4 is 14.8 Å². The van der Waals surface area contributed by atoms with Crippen LogP contribution in [0.3, 0.4) is 0 Å². The lowest BCUT2D eigenvalue weighted by Gasteiger charge is -2.16. The van der Waals surface area contributed by atoms with Crippen LogP contribution in [0.5, 0.6) is 11.5 Å². The van der Waals surface area contributed by atoms with E-state index in [0.29, 0.717) is 28.3 Å². The van der Waals surface area contributed by atoms with Gasteiger partial charge in [-0.1, -0.05) is 18.2 Å². The molecule has 1 aliphatic carbocycles. The minimum absolute atomic E-state index is 0.190. The van der Waals surface area contributed by atoms with Crippen molar-refractivity contribution in [2.75, 3.05) is 19.5 Å². The third kappa shape index (κ3) is 6.10. The van der Waals surface area contributed by atoms with Gasteiger partial charge in [0.05, 0.1) is 19.4 Å². The number of methoxy groups -OCH3 is 1. The van der Waals surface area contributed by atoms with E-state index in [1.165, 1.54) is 17.9 Å². The van der Waals surface area contributed by atoms with Crippen LogP contribution in [0.15, 0.2) is 71.8 Å². The molecule has 1 fully saturated rings. The molecule has 1 N–H and O–H groups in total. The number of nitrogens with one attached hydrogen (secondary N) is 1. The highest BCUT2D eigenvalue weighted by molar-refractivity contribution is 6.05. The van der Waals surface area contributed by atoms with Gasteiger partial charge in [0.2, 0.25) is 0 Å². The Morgan fingerprint density at radius 2 is 1.72 bits per heavy atom. The Morgan fingerprint density at radius 1 is 1.00 bits per heavy atom. The van der Waals surface area contributed by atoms with Crippen LogP contribution in [0, 0.1) is 6.92 Å². The zero-order chi connectivity index (χ0) is 25.5. The van der Waals surface area contributed by atoms with E-state index in [1.54, 1.807) is 50.7 Å². The predicted octanol–water partition coefficient (Wildman–Crippen LogP) is 5.68. The molecule has 4 rings (SSSR count). The molecule has 0 atom stereocenters. The van der Waals surface area contributed by atoms with Crippen molar-refractivity contribution in [1.82, 2.24) is 5.01 Å². The summed E-state index contributed by atoms with van der Waals surface area (Å²) >= 11 is 0. The van der Waals surface area contributed by atoms with Crippen LogP contribution in [0.4, 0.5) is 5.69 Å². The minimum Gasteiger partial charge on any atom is -0.493 e. The van der Waals surface area contributed by atoms with Gasteiger partial charge in [-0.3, -0.25) is 9.59 Å². The molecule has 0 aliphatic heterocycles. The molecule has 0 aromatic heterocycles. The Kier molecular flexibility index (Phi) is 8.00. The van der Waals surface area contributed by atoms with Gasteiger partial charge in [0.1, 0.15) is 0 Å². The lowest BCUT2D eigenvalue weighted by Crippen LogP contribution is -2.21. The quantitative estimate of drug-likeness (QED) is 0.329. The number of carbonyl (C=O) groups excluding carboxylic acids is 2. The molecule has 0 unspecified atom stereocenters. The first-order chi connectivity index (χ1) is 17.4. The highest BCUT2D eigenvalue weighted by Gasteiger charge is 2.19. The second kappa shape index (κ2) is 11.5. The summed E-state index contributed by atoms with van der Waals surface area (Å²) in [4.78, 5) is 25.4. The summed E-state index contributed by atoms with van der Waals surface area (Å²) in [5, 5.41) is 8.46. The number of amides is 2. The second-order valence-electron chi connectivity index (χ2n) is 8.85. The summed E-state index contributed by atoms with van der Waals surface area (Å²) in [6.07, 6.45) is 6.29. The predicted molar refractivity (Wildman–Crippen MR) is 141 cm³/mol. The van der Waals surface area contributed by atoms with Crippen molar-refractivity contribution < 1.29 is 19.1 Å². The molecule has 2 amide bonds. The third-order valence-electron chi connectivity index (χ3n) is 6.24. The zero-order valence-corrected chi connectivity index (χ0v) is 20.9. The van der Waals surface area contributed by atoms with Gasteiger partial charge in [-0.2, -0.15) is 5.10 Å². The van der Waals surface area contributed by atoms with E-state index in [4.69, 9.17) is 9.47 Å². The van der Waals surface area contributed by atoms with Gasteiger partial charge in [0.15, 0.2) is 11.5 Å². The Hall–Kier alpha value is -4.13. The van der Waals surface area contributed by atoms with Crippen LogP contribution in [0.25, 0.3) is 0 Å². The molecule has 0 spiro atoms. The molecule has 3 aromatic rings. The van der Waals surface area contributed by atoms with Gasteiger partial charge in [-0.25, -0.2) is 5.01 Å². The van der Waals surface area contributed by atoms with Gasteiger partial charge < -0.3 is 14.8 Å². The number of hydrogen-bond acceptors (Lipinski definition) is 5. The molecule has 1 saturated carbocycles. The molecule has 7 heteroatoms. The number of carbonyl (C=O) groups is 2. The third-order valence-corrected chi connectivity index (χ3v) is 6.24. The fourth-order valence-electron chi connectivity index (χ4n) is 4.17. The lowest BCUT2D eigenvalue weighted by atomic mass is 10.1. The average molecular weight is 486 g/mol. The Bertz CT molecular complexity index is 1250. The summed E-state index contributed by atoms with van der Waals surface area (Å²) in [6.45, 7) is 1.89. The highest BCUT2D eigenvalue weighted by Crippen LogP contribution is 2.32. The summed E-state index contributed by atoms with van der Waals surface area (Å²) in [5.41, 5.74) is 3.39. The highest BCUT2D eigenvalue weighted by atomic mass is 16.5. The molecule has 3 aromatic carbocycles. The fraction of sp³-hybridized carbons (Fsp3) is 0.276. The Morgan fingerprint density at radius 3 is 2.42 bits per heavy atom. The number of ether oxygens (including phenoxy) is 2. The molecular formula is C29H31N3O4. The number of anilines is 1. The molecule has 0 saturated heterocycles. The van der Waals surface area contributed by atoms with E-state index in [9.17, 15) is 9.59 Å². The number of aryl methyl sites for hydroxylation is 1. The van der Waals surface area contributed by atoms with E-state index < -0.39 is 0 Å². The minimum atomic E-state index is -0.265. The first-order valence-corrected chi connectivity index (χ1v) is 12.1. The van der Waals surface area contributed by atoms with Crippen LogP contribution in [0.1, 0.15) is 57.5 Å². The van der Waals surface area contributed by atoms with E-state index >= 15 is 0 Å². The topological polar surface area (TPSA) is 80.2 Å². The molecule has 0 heterocycles. The summed E-state index contributed by atoms with van der Waals surface area (Å²) in [6, 6.07) is 19.7. The number of nitrogens with zero attached hydrogens (tertiary/aromatic N) is 2. The van der Waals surface area contributed by atoms with Crippen LogP contribution in [-0.4, -0.2) is 43.3 Å². The average Bonchev–Trinajstić information content (AvgIpc) is 3.41. The van der Waals surface area contributed by atoms with Gasteiger partial charge in [-0.15, -0.1) is 0 Å². The van der Waals surface area contributed by atoms with Crippen LogP contribution in [-0.2, 0) is 0 Å². The van der Waals surface area contributed by atoms with Gasteiger partial charge in [0, 0.05) is 23.9 Å². The molecule has 36 heavy (non-hydrogen) atoms. The standard InChI is InChI=1S/C29H31N3O4/c1-20-8-4-7-11-25(20)28(33)31-23-15-13-22(14-16-23)29(34)32(2)30-19-21-12-17-26(35-3)27(18-21)36-24-9-5-6-10-24/h4,7-8,11-19,24H,5-6,9-10H2,1-3H3,(H,31,33). The fourth-order valence-corrected chi connectivity index (χ4v) is 4.17. The van der Waals surface area contributed by atoms with Crippen molar-refractivity contribution in [1.29, 1.82) is 0 Å². The van der Waals surface area contributed by atoms with E-state index in [-0.39, 0.29) is 17.9 Å². The second-order valence-corrected chi connectivity index (χ2v) is 8.85. The number of benzene rings is 3. The van der Waals surface area contributed by atoms with E-state index in [2.05, 4.69) is 10.4 Å². The van der Waals surface area contributed by atoms with Crippen molar-refractivity contribution in [3.63, 3.8) is 0 Å². The van der Waals surface area contributed by atoms with Gasteiger partial charge in [0.25, 0.3) is 11.8 Å². The SMILES string of the molecule is COc1ccc(C=NN(C)C(=O)c2ccc(NC(=O)c3ccccc3C)cc2)cc1OC1CCCC1. The largest absolute Gasteiger partial charge is 0.493 e. The van der Waals surface area contributed by atoms with Crippen molar-refractivity contribution in [3.05, 3.63) is 89.0 Å². The summed E-state index contributed by atoms with van der Waals surface area (Å²) in [5.74, 6) is 0.910. The summed E-state index contributed by atoms with van der Waals surface area (Å²) < 4.78 is 11.6. The van der Waals surface area contributed by atoms with Crippen LogP contribution in [0.2, 0.25) is 0 Å². The summed E-state index contributed by atoms with van der Waals surface area (Å²) in [7, 11) is 3.22. The maximum absolute atomic E-state index is 12.8. The normalized spacial score (nSPS) is 13.5. The first-order valence-electron chi connectivity index (χ1n) is 12.1. The van der Waals surface area contributed by atoms with Gasteiger partial charge >= 0.3 is 0 Å². The van der Waals surface area contributed by atoms with Crippen molar-refractivity contribution in [3.8, 4) is 11.5 Å². The Balaban J connectivity index is 1.39. The molecule has 0 bridgehead atoms. The van der Waals surface area contributed by atoms with Crippen molar-refractivity contribution >= 4 is 23.7 Å². The monoisotopic (exact) mass is 485 g/mol. The Labute approximate surface area is 211 Å². The number of hydrazone groups is 1. The molecule has 186 valence electrons. The van der Waals surface area contributed by atoms with E-state index in [0.717, 1.165) is 24.0 Å². The molecule has 1 aliphatic rings.